The summed E-state index contributed by atoms with van der Waals surface area (Å²) in [7, 11) is 0. The van der Waals surface area contributed by atoms with Gasteiger partial charge in [0, 0.05) is 17.0 Å². The molecule has 0 spiro atoms. The van der Waals surface area contributed by atoms with Crippen molar-refractivity contribution in [1.29, 1.82) is 0 Å². The second-order valence-corrected chi connectivity index (χ2v) is 3.55. The van der Waals surface area contributed by atoms with Crippen LogP contribution in [0.25, 0.3) is 10.4 Å². The van der Waals surface area contributed by atoms with Gasteiger partial charge >= 0.3 is 6.09 Å². The first-order valence-electron chi connectivity index (χ1n) is 5.43. The maximum atomic E-state index is 11.3. The summed E-state index contributed by atoms with van der Waals surface area (Å²) in [5.74, 6) is -0.386. The third-order valence-corrected chi connectivity index (χ3v) is 2.15. The number of nitrogens with one attached hydrogen (secondary N) is 1. The van der Waals surface area contributed by atoms with Crippen LogP contribution >= 0.6 is 0 Å². The molecule has 0 aliphatic rings. The zero-order valence-electron chi connectivity index (χ0n) is 10.1. The molecule has 8 nitrogen and oxygen atoms in total. The number of nitrogens with two attached hydrogens (primary N) is 1. The molecule has 1 aromatic rings. The lowest BCUT2D eigenvalue weighted by atomic mass is 10.1. The number of hydrogen-bond acceptors (Lipinski definition) is 4. The summed E-state index contributed by atoms with van der Waals surface area (Å²) in [4.78, 5) is 24.1. The number of primary amides is 1. The van der Waals surface area contributed by atoms with Crippen LogP contribution in [0, 0.1) is 0 Å². The standard InChI is InChI=1S/C11H13N5O3/c12-11(18)19-6-5-8-1-3-9(4-2-8)15-10(17)7-14-16-13/h1-4H,5-7H2,(H2,12,18)(H,15,17). The van der Waals surface area contributed by atoms with Crippen molar-refractivity contribution in [3.63, 3.8) is 0 Å². The predicted octanol–water partition coefficient (Wildman–Crippen LogP) is 1.57. The van der Waals surface area contributed by atoms with Crippen molar-refractivity contribution in [1.82, 2.24) is 0 Å². The Bertz CT molecular complexity index is 494. The maximum Gasteiger partial charge on any atom is 0.404 e. The number of anilines is 1. The molecule has 0 aliphatic heterocycles. The molecule has 0 aliphatic carbocycles. The highest BCUT2D eigenvalue weighted by atomic mass is 16.5. The van der Waals surface area contributed by atoms with Gasteiger partial charge in [0.05, 0.1) is 6.61 Å². The molecule has 19 heavy (non-hydrogen) atoms. The topological polar surface area (TPSA) is 130 Å². The number of benzene rings is 1. The summed E-state index contributed by atoms with van der Waals surface area (Å²) in [5, 5.41) is 5.72. The van der Waals surface area contributed by atoms with Gasteiger partial charge in [-0.15, -0.1) is 0 Å². The minimum Gasteiger partial charge on any atom is -0.449 e. The fourth-order valence-corrected chi connectivity index (χ4v) is 1.32. The Morgan fingerprint density at radius 3 is 2.63 bits per heavy atom. The SMILES string of the molecule is [N-]=[N+]=NCC(=O)Nc1ccc(CCOC(N)=O)cc1. The molecule has 0 saturated heterocycles. The number of rotatable bonds is 6. The van der Waals surface area contributed by atoms with Crippen LogP contribution in [-0.4, -0.2) is 25.2 Å². The molecule has 0 radical (unpaired) electrons. The predicted molar refractivity (Wildman–Crippen MR) is 68.3 cm³/mol. The van der Waals surface area contributed by atoms with E-state index >= 15 is 0 Å². The zero-order chi connectivity index (χ0) is 14.1. The smallest absolute Gasteiger partial charge is 0.404 e. The van der Waals surface area contributed by atoms with Crippen molar-refractivity contribution in [3.05, 3.63) is 40.3 Å². The minimum atomic E-state index is -0.804. The monoisotopic (exact) mass is 263 g/mol. The molecular weight excluding hydrogens is 250 g/mol. The number of hydrogen-bond donors (Lipinski definition) is 2. The van der Waals surface area contributed by atoms with Gasteiger partial charge in [-0.25, -0.2) is 4.79 Å². The van der Waals surface area contributed by atoms with E-state index in [0.29, 0.717) is 12.1 Å². The first-order chi connectivity index (χ1) is 9.11. The number of carbonyl (C=O) groups excluding carboxylic acids is 2. The van der Waals surface area contributed by atoms with E-state index < -0.39 is 6.09 Å². The highest BCUT2D eigenvalue weighted by Gasteiger charge is 2.01. The van der Waals surface area contributed by atoms with Crippen molar-refractivity contribution < 1.29 is 14.3 Å². The summed E-state index contributed by atoms with van der Waals surface area (Å²) in [6.07, 6.45) is -0.266. The number of azide groups is 1. The van der Waals surface area contributed by atoms with Gasteiger partial charge < -0.3 is 15.8 Å². The van der Waals surface area contributed by atoms with E-state index in [-0.39, 0.29) is 19.1 Å². The first-order valence-corrected chi connectivity index (χ1v) is 5.43. The molecule has 100 valence electrons. The highest BCUT2D eigenvalue weighted by Crippen LogP contribution is 2.10. The fraction of sp³-hybridized carbons (Fsp3) is 0.273. The van der Waals surface area contributed by atoms with Crippen molar-refractivity contribution >= 4 is 17.7 Å². The fourth-order valence-electron chi connectivity index (χ4n) is 1.32. The molecule has 0 aromatic heterocycles. The van der Waals surface area contributed by atoms with E-state index in [1.807, 2.05) is 0 Å². The largest absolute Gasteiger partial charge is 0.449 e. The van der Waals surface area contributed by atoms with Crippen LogP contribution in [0.3, 0.4) is 0 Å². The second kappa shape index (κ2) is 7.57. The Balaban J connectivity index is 2.44. The van der Waals surface area contributed by atoms with Gasteiger partial charge in [0.1, 0.15) is 6.54 Å². The third kappa shape index (κ3) is 5.94. The molecule has 3 N–H and O–H groups in total. The lowest BCUT2D eigenvalue weighted by molar-refractivity contribution is -0.114. The quantitative estimate of drug-likeness (QED) is 0.458. The van der Waals surface area contributed by atoms with Gasteiger partial charge in [0.25, 0.3) is 0 Å². The average Bonchev–Trinajstić information content (AvgIpc) is 2.38. The molecule has 0 atom stereocenters. The average molecular weight is 263 g/mol. The van der Waals surface area contributed by atoms with Crippen LogP contribution in [0.5, 0.6) is 0 Å². The van der Waals surface area contributed by atoms with E-state index in [4.69, 9.17) is 11.3 Å². The Morgan fingerprint density at radius 2 is 2.05 bits per heavy atom. The van der Waals surface area contributed by atoms with E-state index in [1.165, 1.54) is 0 Å². The summed E-state index contributed by atoms with van der Waals surface area (Å²) in [6, 6.07) is 6.97. The van der Waals surface area contributed by atoms with Gasteiger partial charge in [-0.05, 0) is 23.2 Å². The molecule has 1 aromatic carbocycles. The second-order valence-electron chi connectivity index (χ2n) is 3.55. The Hall–Kier alpha value is -2.73. The van der Waals surface area contributed by atoms with Crippen LogP contribution < -0.4 is 11.1 Å². The zero-order valence-corrected chi connectivity index (χ0v) is 10.1. The third-order valence-electron chi connectivity index (χ3n) is 2.15. The van der Waals surface area contributed by atoms with Crippen LogP contribution in [0.1, 0.15) is 5.56 Å². The molecule has 1 rings (SSSR count). The summed E-state index contributed by atoms with van der Waals surface area (Å²) >= 11 is 0. The Kier molecular flexibility index (Phi) is 5.71. The van der Waals surface area contributed by atoms with Gasteiger partial charge in [-0.3, -0.25) is 4.79 Å². The molecule has 0 heterocycles. The van der Waals surface area contributed by atoms with Crippen molar-refractivity contribution in [2.75, 3.05) is 18.5 Å². The van der Waals surface area contributed by atoms with E-state index in [9.17, 15) is 9.59 Å². The lowest BCUT2D eigenvalue weighted by Crippen LogP contribution is -2.15. The summed E-state index contributed by atoms with van der Waals surface area (Å²) in [5.41, 5.74) is 14.4. The van der Waals surface area contributed by atoms with E-state index in [2.05, 4.69) is 20.1 Å². The van der Waals surface area contributed by atoms with E-state index in [1.54, 1.807) is 24.3 Å². The number of nitrogens with zero attached hydrogens (tertiary/aromatic N) is 3. The normalized spacial score (nSPS) is 9.26. The lowest BCUT2D eigenvalue weighted by Gasteiger charge is -2.05. The van der Waals surface area contributed by atoms with Crippen molar-refractivity contribution in [2.24, 2.45) is 10.8 Å². The van der Waals surface area contributed by atoms with Crippen LogP contribution in [0.4, 0.5) is 10.5 Å². The highest BCUT2D eigenvalue weighted by molar-refractivity contribution is 5.92. The van der Waals surface area contributed by atoms with Gasteiger partial charge in [-0.2, -0.15) is 0 Å². The van der Waals surface area contributed by atoms with Crippen LogP contribution in [0.2, 0.25) is 0 Å². The number of ether oxygens (including phenoxy) is 1. The molecule has 2 amide bonds. The van der Waals surface area contributed by atoms with E-state index in [0.717, 1.165) is 5.56 Å². The molecule has 8 heteroatoms. The van der Waals surface area contributed by atoms with Crippen molar-refractivity contribution in [2.45, 2.75) is 6.42 Å². The van der Waals surface area contributed by atoms with Crippen LogP contribution in [0.15, 0.2) is 29.4 Å². The van der Waals surface area contributed by atoms with Gasteiger partial charge in [-0.1, -0.05) is 17.2 Å². The number of carbonyl (C=O) groups is 2. The minimum absolute atomic E-state index is 0.206. The molecule has 0 bridgehead atoms. The Labute approximate surface area is 109 Å². The van der Waals surface area contributed by atoms with Gasteiger partial charge in [0.2, 0.25) is 5.91 Å². The summed E-state index contributed by atoms with van der Waals surface area (Å²) in [6.45, 7) is -0.0391. The Morgan fingerprint density at radius 1 is 1.37 bits per heavy atom. The number of amides is 2. The molecule has 0 fully saturated rings. The van der Waals surface area contributed by atoms with Crippen LogP contribution in [-0.2, 0) is 16.0 Å². The maximum absolute atomic E-state index is 11.3. The molecule has 0 saturated carbocycles. The van der Waals surface area contributed by atoms with Crippen molar-refractivity contribution in [3.8, 4) is 0 Å². The molecule has 0 unspecified atom stereocenters. The summed E-state index contributed by atoms with van der Waals surface area (Å²) < 4.78 is 4.61. The first kappa shape index (κ1) is 14.3. The molecular formula is C11H13N5O3. The van der Waals surface area contributed by atoms with Gasteiger partial charge in [0.15, 0.2) is 0 Å².